The molecule has 2 aromatic rings. The van der Waals surface area contributed by atoms with Gasteiger partial charge in [0.25, 0.3) is 0 Å². The third-order valence-corrected chi connectivity index (χ3v) is 3.69. The number of H-pyrrole nitrogens is 1. The summed E-state index contributed by atoms with van der Waals surface area (Å²) in [6.07, 6.45) is 0.849. The second kappa shape index (κ2) is 5.57. The van der Waals surface area contributed by atoms with Gasteiger partial charge >= 0.3 is 0 Å². The van der Waals surface area contributed by atoms with Crippen molar-refractivity contribution >= 4 is 0 Å². The summed E-state index contributed by atoms with van der Waals surface area (Å²) in [4.78, 5) is 0. The van der Waals surface area contributed by atoms with Crippen LogP contribution in [0.4, 0.5) is 0 Å². The molecule has 0 saturated heterocycles. The number of nitrogens with one attached hydrogen (secondary N) is 1. The smallest absolute Gasteiger partial charge is 0.0955 e. The minimum atomic E-state index is 0.530. The van der Waals surface area contributed by atoms with E-state index < -0.39 is 0 Å². The minimum absolute atomic E-state index is 0.530. The predicted octanol–water partition coefficient (Wildman–Crippen LogP) is 3.32. The van der Waals surface area contributed by atoms with Crippen LogP contribution in [-0.4, -0.2) is 16.7 Å². The average Bonchev–Trinajstić information content (AvgIpc) is 2.72. The van der Waals surface area contributed by atoms with Crippen molar-refractivity contribution in [1.29, 1.82) is 0 Å². The number of aromatic amines is 1. The van der Waals surface area contributed by atoms with Crippen molar-refractivity contribution in [2.75, 3.05) is 6.54 Å². The molecule has 1 aromatic carbocycles. The van der Waals surface area contributed by atoms with Crippen LogP contribution >= 0.6 is 0 Å². The van der Waals surface area contributed by atoms with Gasteiger partial charge in [-0.3, -0.25) is 5.10 Å². The fourth-order valence-corrected chi connectivity index (χ4v) is 2.34. The van der Waals surface area contributed by atoms with Gasteiger partial charge in [-0.05, 0) is 49.1 Å². The van der Waals surface area contributed by atoms with E-state index in [1.54, 1.807) is 0 Å². The van der Waals surface area contributed by atoms with Gasteiger partial charge in [0.2, 0.25) is 0 Å². The van der Waals surface area contributed by atoms with Crippen LogP contribution in [0.25, 0.3) is 11.3 Å². The highest BCUT2D eigenvalue weighted by atomic mass is 15.1. The second-order valence-electron chi connectivity index (χ2n) is 5.44. The zero-order valence-corrected chi connectivity index (χ0v) is 12.2. The van der Waals surface area contributed by atoms with E-state index in [9.17, 15) is 0 Å². The lowest BCUT2D eigenvalue weighted by Gasteiger charge is -2.10. The lowest BCUT2D eigenvalue weighted by atomic mass is 9.95. The molecule has 0 bridgehead atoms. The van der Waals surface area contributed by atoms with Crippen LogP contribution in [0.2, 0.25) is 0 Å². The average molecular weight is 257 g/mol. The van der Waals surface area contributed by atoms with Crippen LogP contribution in [0, 0.1) is 13.8 Å². The predicted molar refractivity (Wildman–Crippen MR) is 80.3 cm³/mol. The van der Waals surface area contributed by atoms with Gasteiger partial charge in [0.15, 0.2) is 0 Å². The van der Waals surface area contributed by atoms with Crippen LogP contribution < -0.4 is 5.73 Å². The lowest BCUT2D eigenvalue weighted by molar-refractivity contribution is 0.866. The maximum atomic E-state index is 5.62. The van der Waals surface area contributed by atoms with E-state index in [2.05, 4.69) is 56.1 Å². The molecule has 0 aliphatic heterocycles. The van der Waals surface area contributed by atoms with E-state index in [1.807, 2.05) is 0 Å². The van der Waals surface area contributed by atoms with E-state index in [0.717, 1.165) is 17.8 Å². The number of aromatic nitrogens is 2. The van der Waals surface area contributed by atoms with Crippen molar-refractivity contribution in [2.24, 2.45) is 5.73 Å². The minimum Gasteiger partial charge on any atom is -0.330 e. The molecule has 3 heteroatoms. The zero-order valence-electron chi connectivity index (χ0n) is 12.2. The van der Waals surface area contributed by atoms with E-state index in [-0.39, 0.29) is 0 Å². The fraction of sp³-hybridized carbons (Fsp3) is 0.438. The Labute approximate surface area is 115 Å². The molecule has 0 atom stereocenters. The molecule has 0 spiro atoms. The molecule has 2 rings (SSSR count). The van der Waals surface area contributed by atoms with Crippen LogP contribution in [0.3, 0.4) is 0 Å². The molecule has 0 unspecified atom stereocenters. The molecule has 19 heavy (non-hydrogen) atoms. The molecule has 0 aliphatic rings. The molecule has 3 nitrogen and oxygen atoms in total. The SMILES string of the molecule is Cc1ccc(C(C)C)cc1-c1n[nH]c(CCN)c1C. The molecular formula is C16H23N3. The van der Waals surface area contributed by atoms with Crippen molar-refractivity contribution in [1.82, 2.24) is 10.2 Å². The first-order valence-corrected chi connectivity index (χ1v) is 6.89. The van der Waals surface area contributed by atoms with E-state index in [4.69, 9.17) is 5.73 Å². The standard InChI is InChI=1S/C16H23N3/c1-10(2)13-6-5-11(3)14(9-13)16-12(4)15(7-8-17)18-19-16/h5-6,9-10H,7-8,17H2,1-4H3,(H,18,19). The topological polar surface area (TPSA) is 54.7 Å². The quantitative estimate of drug-likeness (QED) is 0.882. The number of benzene rings is 1. The summed E-state index contributed by atoms with van der Waals surface area (Å²) < 4.78 is 0. The Morgan fingerprint density at radius 3 is 2.63 bits per heavy atom. The molecular weight excluding hydrogens is 234 g/mol. The summed E-state index contributed by atoms with van der Waals surface area (Å²) in [6.45, 7) is 9.33. The molecule has 3 N–H and O–H groups in total. The largest absolute Gasteiger partial charge is 0.330 e. The van der Waals surface area contributed by atoms with E-state index >= 15 is 0 Å². The normalized spacial score (nSPS) is 11.3. The van der Waals surface area contributed by atoms with E-state index in [0.29, 0.717) is 12.5 Å². The molecule has 0 aliphatic carbocycles. The summed E-state index contributed by atoms with van der Waals surface area (Å²) in [5.74, 6) is 0.530. The third kappa shape index (κ3) is 2.71. The molecule has 1 aromatic heterocycles. The van der Waals surface area contributed by atoms with Gasteiger partial charge in [-0.2, -0.15) is 5.10 Å². The highest BCUT2D eigenvalue weighted by Gasteiger charge is 2.13. The highest BCUT2D eigenvalue weighted by molar-refractivity contribution is 5.68. The summed E-state index contributed by atoms with van der Waals surface area (Å²) >= 11 is 0. The lowest BCUT2D eigenvalue weighted by Crippen LogP contribution is -2.04. The summed E-state index contributed by atoms with van der Waals surface area (Å²) in [6, 6.07) is 6.64. The Morgan fingerprint density at radius 2 is 2.00 bits per heavy atom. The molecule has 0 amide bonds. The highest BCUT2D eigenvalue weighted by Crippen LogP contribution is 2.29. The van der Waals surface area contributed by atoms with Crippen molar-refractivity contribution in [2.45, 2.75) is 40.0 Å². The van der Waals surface area contributed by atoms with Gasteiger partial charge < -0.3 is 5.73 Å². The van der Waals surface area contributed by atoms with Crippen molar-refractivity contribution in [3.63, 3.8) is 0 Å². The maximum Gasteiger partial charge on any atom is 0.0955 e. The van der Waals surface area contributed by atoms with Gasteiger partial charge in [0.1, 0.15) is 0 Å². The molecule has 0 radical (unpaired) electrons. The van der Waals surface area contributed by atoms with Crippen LogP contribution in [0.5, 0.6) is 0 Å². The first-order valence-electron chi connectivity index (χ1n) is 6.89. The number of hydrogen-bond donors (Lipinski definition) is 2. The van der Waals surface area contributed by atoms with Crippen LogP contribution in [0.1, 0.15) is 42.1 Å². The Bertz CT molecular complexity index is 567. The number of nitrogens with two attached hydrogens (primary N) is 1. The Hall–Kier alpha value is -1.61. The van der Waals surface area contributed by atoms with E-state index in [1.165, 1.54) is 22.3 Å². The van der Waals surface area contributed by atoms with Crippen molar-refractivity contribution in [3.05, 3.63) is 40.6 Å². The molecule has 0 saturated carbocycles. The van der Waals surface area contributed by atoms with Gasteiger partial charge in [-0.15, -0.1) is 0 Å². The van der Waals surface area contributed by atoms with Crippen LogP contribution in [-0.2, 0) is 6.42 Å². The van der Waals surface area contributed by atoms with Gasteiger partial charge in [-0.1, -0.05) is 26.0 Å². The Morgan fingerprint density at radius 1 is 1.26 bits per heavy atom. The van der Waals surface area contributed by atoms with Crippen molar-refractivity contribution < 1.29 is 0 Å². The molecule has 1 heterocycles. The number of rotatable bonds is 4. The second-order valence-corrected chi connectivity index (χ2v) is 5.44. The fourth-order valence-electron chi connectivity index (χ4n) is 2.34. The summed E-state index contributed by atoms with van der Waals surface area (Å²) in [5, 5.41) is 7.60. The summed E-state index contributed by atoms with van der Waals surface area (Å²) in [5.41, 5.74) is 12.9. The number of nitrogens with zero attached hydrogens (tertiary/aromatic N) is 1. The van der Waals surface area contributed by atoms with Crippen molar-refractivity contribution in [3.8, 4) is 11.3 Å². The first-order chi connectivity index (χ1) is 9.04. The number of hydrogen-bond acceptors (Lipinski definition) is 2. The molecule has 0 fully saturated rings. The van der Waals surface area contributed by atoms with Crippen LogP contribution in [0.15, 0.2) is 18.2 Å². The molecule has 102 valence electrons. The van der Waals surface area contributed by atoms with Gasteiger partial charge in [0.05, 0.1) is 5.69 Å². The zero-order chi connectivity index (χ0) is 14.0. The monoisotopic (exact) mass is 257 g/mol. The Balaban J connectivity index is 2.49. The maximum absolute atomic E-state index is 5.62. The third-order valence-electron chi connectivity index (χ3n) is 3.69. The summed E-state index contributed by atoms with van der Waals surface area (Å²) in [7, 11) is 0. The van der Waals surface area contributed by atoms with Gasteiger partial charge in [0, 0.05) is 17.7 Å². The first kappa shape index (κ1) is 13.8. The number of aryl methyl sites for hydroxylation is 1. The Kier molecular flexibility index (Phi) is 4.05. The van der Waals surface area contributed by atoms with Gasteiger partial charge in [-0.25, -0.2) is 0 Å².